The lowest BCUT2D eigenvalue weighted by atomic mass is 10.2. The number of ether oxygens (including phenoxy) is 1. The quantitative estimate of drug-likeness (QED) is 0.426. The summed E-state index contributed by atoms with van der Waals surface area (Å²) in [6.07, 6.45) is 3.47. The first-order chi connectivity index (χ1) is 15.8. The number of amides is 1. The lowest BCUT2D eigenvalue weighted by Crippen LogP contribution is -2.20. The van der Waals surface area contributed by atoms with E-state index in [9.17, 15) is 13.6 Å². The SMILES string of the molecule is CNc1cc(NCc2cnn(Cc3cccc(F)c3F)c2)nc(C)c1NC(=O)C[C@@H](C)OC. The fourth-order valence-electron chi connectivity index (χ4n) is 3.27. The van der Waals surface area contributed by atoms with Gasteiger partial charge >= 0.3 is 0 Å². The van der Waals surface area contributed by atoms with Gasteiger partial charge in [-0.2, -0.15) is 5.10 Å². The van der Waals surface area contributed by atoms with Crippen LogP contribution in [0.3, 0.4) is 0 Å². The number of rotatable bonds is 10. The summed E-state index contributed by atoms with van der Waals surface area (Å²) in [6, 6.07) is 5.88. The summed E-state index contributed by atoms with van der Waals surface area (Å²) in [5, 5.41) is 13.4. The molecule has 0 saturated carbocycles. The zero-order chi connectivity index (χ0) is 24.0. The number of nitrogens with one attached hydrogen (secondary N) is 3. The first-order valence-electron chi connectivity index (χ1n) is 10.5. The molecule has 0 bridgehead atoms. The second-order valence-corrected chi connectivity index (χ2v) is 7.68. The van der Waals surface area contributed by atoms with Crippen LogP contribution in [0.1, 0.15) is 30.2 Å². The number of pyridine rings is 1. The number of halogens is 2. The van der Waals surface area contributed by atoms with Gasteiger partial charge in [0.25, 0.3) is 0 Å². The molecule has 10 heteroatoms. The van der Waals surface area contributed by atoms with Crippen molar-refractivity contribution in [1.82, 2.24) is 14.8 Å². The van der Waals surface area contributed by atoms with Crippen LogP contribution in [0.2, 0.25) is 0 Å². The monoisotopic (exact) mass is 458 g/mol. The molecule has 0 radical (unpaired) electrons. The van der Waals surface area contributed by atoms with Gasteiger partial charge in [-0.15, -0.1) is 0 Å². The molecule has 1 amide bonds. The highest BCUT2D eigenvalue weighted by Crippen LogP contribution is 2.28. The number of carbonyl (C=O) groups excluding carboxylic acids is 1. The number of nitrogens with zero attached hydrogens (tertiary/aromatic N) is 3. The van der Waals surface area contributed by atoms with Gasteiger partial charge in [-0.25, -0.2) is 13.8 Å². The highest BCUT2D eigenvalue weighted by Gasteiger charge is 2.15. The van der Waals surface area contributed by atoms with Crippen LogP contribution in [0.15, 0.2) is 36.7 Å². The molecule has 0 aliphatic rings. The van der Waals surface area contributed by atoms with Gasteiger partial charge in [0, 0.05) is 44.1 Å². The van der Waals surface area contributed by atoms with E-state index in [0.29, 0.717) is 23.7 Å². The second-order valence-electron chi connectivity index (χ2n) is 7.68. The Balaban J connectivity index is 1.65. The predicted octanol–water partition coefficient (Wildman–Crippen LogP) is 3.93. The Morgan fingerprint density at radius 1 is 1.30 bits per heavy atom. The molecule has 0 aliphatic carbocycles. The lowest BCUT2D eigenvalue weighted by molar-refractivity contribution is -0.118. The molecule has 0 fully saturated rings. The number of methoxy groups -OCH3 is 1. The number of benzene rings is 1. The number of anilines is 3. The van der Waals surface area contributed by atoms with E-state index in [4.69, 9.17) is 4.74 Å². The maximum atomic E-state index is 13.9. The molecular weight excluding hydrogens is 430 g/mol. The van der Waals surface area contributed by atoms with Crippen molar-refractivity contribution in [3.63, 3.8) is 0 Å². The summed E-state index contributed by atoms with van der Waals surface area (Å²) in [4.78, 5) is 16.8. The van der Waals surface area contributed by atoms with E-state index in [0.717, 1.165) is 17.3 Å². The van der Waals surface area contributed by atoms with Gasteiger partial charge < -0.3 is 20.7 Å². The van der Waals surface area contributed by atoms with Crippen LogP contribution in [0.5, 0.6) is 0 Å². The van der Waals surface area contributed by atoms with Gasteiger partial charge in [0.2, 0.25) is 5.91 Å². The van der Waals surface area contributed by atoms with Crippen molar-refractivity contribution in [2.24, 2.45) is 0 Å². The number of aryl methyl sites for hydroxylation is 1. The van der Waals surface area contributed by atoms with Crippen LogP contribution < -0.4 is 16.0 Å². The Bertz CT molecular complexity index is 1120. The number of aromatic nitrogens is 3. The maximum Gasteiger partial charge on any atom is 0.227 e. The third kappa shape index (κ3) is 6.26. The van der Waals surface area contributed by atoms with Gasteiger partial charge in [0.05, 0.1) is 42.3 Å². The number of hydrogen-bond donors (Lipinski definition) is 3. The van der Waals surface area contributed by atoms with Crippen LogP contribution in [-0.4, -0.2) is 40.9 Å². The van der Waals surface area contributed by atoms with Crippen LogP contribution in [0.25, 0.3) is 0 Å². The fraction of sp³-hybridized carbons (Fsp3) is 0.348. The molecule has 2 heterocycles. The first kappa shape index (κ1) is 24.1. The molecule has 3 N–H and O–H groups in total. The molecule has 33 heavy (non-hydrogen) atoms. The summed E-state index contributed by atoms with van der Waals surface area (Å²) < 4.78 is 34.0. The molecule has 1 aromatic carbocycles. The molecule has 0 saturated heterocycles. The molecule has 8 nitrogen and oxygen atoms in total. The fourth-order valence-corrected chi connectivity index (χ4v) is 3.27. The highest BCUT2D eigenvalue weighted by atomic mass is 19.2. The Hall–Kier alpha value is -3.53. The minimum absolute atomic E-state index is 0.126. The van der Waals surface area contributed by atoms with Crippen molar-refractivity contribution in [2.75, 3.05) is 30.1 Å². The minimum atomic E-state index is -0.879. The van der Waals surface area contributed by atoms with Gasteiger partial charge in [-0.1, -0.05) is 12.1 Å². The Morgan fingerprint density at radius 3 is 2.82 bits per heavy atom. The largest absolute Gasteiger partial charge is 0.386 e. The zero-order valence-corrected chi connectivity index (χ0v) is 19.1. The van der Waals surface area contributed by atoms with E-state index < -0.39 is 11.6 Å². The van der Waals surface area contributed by atoms with E-state index in [1.165, 1.54) is 12.1 Å². The van der Waals surface area contributed by atoms with E-state index in [1.807, 2.05) is 13.8 Å². The molecule has 0 unspecified atom stereocenters. The molecule has 0 spiro atoms. The van der Waals surface area contributed by atoms with Crippen molar-refractivity contribution in [3.05, 3.63) is 65.1 Å². The van der Waals surface area contributed by atoms with Crippen molar-refractivity contribution in [3.8, 4) is 0 Å². The average molecular weight is 459 g/mol. The van der Waals surface area contributed by atoms with Gasteiger partial charge in [-0.3, -0.25) is 9.48 Å². The lowest BCUT2D eigenvalue weighted by Gasteiger charge is -2.16. The van der Waals surface area contributed by atoms with Gasteiger partial charge in [-0.05, 0) is 19.9 Å². The molecule has 3 aromatic rings. The standard InChI is InChI=1S/C23H28F2N6O2/c1-14(33-4)8-21(32)30-23-15(2)29-20(9-19(23)26-3)27-10-16-11-28-31(12-16)13-17-6-5-7-18(24)22(17)25/h5-7,9,11-12,14H,8,10,13H2,1-4H3,(H,30,32)(H2,26,27,29)/t14-/m1/s1. The van der Waals surface area contributed by atoms with Crippen LogP contribution in [0, 0.1) is 18.6 Å². The van der Waals surface area contributed by atoms with E-state index >= 15 is 0 Å². The zero-order valence-electron chi connectivity index (χ0n) is 19.1. The third-order valence-corrected chi connectivity index (χ3v) is 5.13. The third-order valence-electron chi connectivity index (χ3n) is 5.13. The summed E-state index contributed by atoms with van der Waals surface area (Å²) in [5.41, 5.74) is 3.07. The molecule has 0 aliphatic heterocycles. The highest BCUT2D eigenvalue weighted by molar-refractivity contribution is 5.95. The molecule has 2 aromatic heterocycles. The van der Waals surface area contributed by atoms with Crippen molar-refractivity contribution in [2.45, 2.75) is 39.5 Å². The Morgan fingerprint density at radius 2 is 2.09 bits per heavy atom. The topological polar surface area (TPSA) is 93.1 Å². The smallest absolute Gasteiger partial charge is 0.227 e. The molecule has 3 rings (SSSR count). The summed E-state index contributed by atoms with van der Waals surface area (Å²) in [7, 11) is 3.33. The minimum Gasteiger partial charge on any atom is -0.386 e. The van der Waals surface area contributed by atoms with Crippen LogP contribution in [-0.2, 0) is 22.6 Å². The maximum absolute atomic E-state index is 13.9. The van der Waals surface area contributed by atoms with E-state index in [1.54, 1.807) is 37.3 Å². The summed E-state index contributed by atoms with van der Waals surface area (Å²) in [5.74, 6) is -1.29. The molecular formula is C23H28F2N6O2. The normalized spacial score (nSPS) is 11.8. The predicted molar refractivity (Wildman–Crippen MR) is 123 cm³/mol. The molecule has 1 atom stereocenters. The van der Waals surface area contributed by atoms with E-state index in [2.05, 4.69) is 26.0 Å². The van der Waals surface area contributed by atoms with Gasteiger partial charge in [0.1, 0.15) is 5.82 Å². The van der Waals surface area contributed by atoms with E-state index in [-0.39, 0.29) is 30.5 Å². The number of carbonyl (C=O) groups is 1. The average Bonchev–Trinajstić information content (AvgIpc) is 3.24. The first-order valence-corrected chi connectivity index (χ1v) is 10.5. The van der Waals surface area contributed by atoms with Gasteiger partial charge in [0.15, 0.2) is 11.6 Å². The number of hydrogen-bond acceptors (Lipinski definition) is 6. The van der Waals surface area contributed by atoms with Crippen molar-refractivity contribution in [1.29, 1.82) is 0 Å². The Labute approximate surface area is 191 Å². The Kier molecular flexibility index (Phi) is 7.94. The molecule has 176 valence electrons. The van der Waals surface area contributed by atoms with Crippen molar-refractivity contribution < 1.29 is 18.3 Å². The van der Waals surface area contributed by atoms with Crippen molar-refractivity contribution >= 4 is 23.1 Å². The van der Waals surface area contributed by atoms with Crippen LogP contribution in [0.4, 0.5) is 26.0 Å². The summed E-state index contributed by atoms with van der Waals surface area (Å²) >= 11 is 0. The second kappa shape index (κ2) is 10.9. The van der Waals surface area contributed by atoms with Crippen LogP contribution >= 0.6 is 0 Å². The summed E-state index contributed by atoms with van der Waals surface area (Å²) in [6.45, 7) is 4.19.